The number of nitrogens with two attached hydrogens (primary N) is 1. The number of carbonyl (C=O) groups excluding carboxylic acids is 2. The molecule has 2 atom stereocenters. The number of nitrogens with one attached hydrogen (secondary N) is 2. The number of benzene rings is 1. The first-order valence-electron chi connectivity index (χ1n) is 11.2. The number of aliphatic hydroxyl groups is 2. The second kappa shape index (κ2) is 13.0. The first kappa shape index (κ1) is 26.4. The first-order valence-corrected chi connectivity index (χ1v) is 11.2. The smallest absolute Gasteiger partial charge is 0.243 e. The standard InChI is InChI=1S/C23H36N4O6/c1-32-19-9-8-16(11-20(19)33-2)12-21(30)27(23(24)25)18(10-15-6-4-3-5-7-15)22(31)26-13-17(29)14-28/h8-9,11,15,17-18,28-29H,3-7,10,12-14H2,1-2H3,(H3,24,25)(H,26,31)/t17-,18-/m1/s1. The minimum absolute atomic E-state index is 0.0896. The van der Waals surface area contributed by atoms with E-state index in [9.17, 15) is 14.7 Å². The Kier molecular flexibility index (Phi) is 10.4. The Morgan fingerprint density at radius 3 is 2.45 bits per heavy atom. The summed E-state index contributed by atoms with van der Waals surface area (Å²) in [7, 11) is 3.01. The zero-order valence-corrected chi connectivity index (χ0v) is 19.4. The second-order valence-electron chi connectivity index (χ2n) is 8.35. The van der Waals surface area contributed by atoms with E-state index in [2.05, 4.69) is 5.32 Å². The molecule has 0 bridgehead atoms. The predicted molar refractivity (Wildman–Crippen MR) is 123 cm³/mol. The molecule has 0 heterocycles. The van der Waals surface area contributed by atoms with Crippen LogP contribution in [0.1, 0.15) is 44.1 Å². The van der Waals surface area contributed by atoms with Crippen molar-refractivity contribution in [1.29, 1.82) is 5.41 Å². The van der Waals surface area contributed by atoms with E-state index >= 15 is 0 Å². The Bertz CT molecular complexity index is 812. The highest BCUT2D eigenvalue weighted by Crippen LogP contribution is 2.30. The lowest BCUT2D eigenvalue weighted by Crippen LogP contribution is -2.56. The lowest BCUT2D eigenvalue weighted by molar-refractivity contribution is -0.136. The summed E-state index contributed by atoms with van der Waals surface area (Å²) in [6.07, 6.45) is 4.31. The number of rotatable bonds is 11. The van der Waals surface area contributed by atoms with Crippen LogP contribution in [0.2, 0.25) is 0 Å². The van der Waals surface area contributed by atoms with Gasteiger partial charge < -0.3 is 30.7 Å². The number of hydrogen-bond donors (Lipinski definition) is 5. The van der Waals surface area contributed by atoms with Gasteiger partial charge >= 0.3 is 0 Å². The van der Waals surface area contributed by atoms with E-state index < -0.39 is 36.5 Å². The summed E-state index contributed by atoms with van der Waals surface area (Å²) in [6, 6.07) is 4.08. The molecule has 1 aromatic carbocycles. The van der Waals surface area contributed by atoms with Gasteiger partial charge in [-0.1, -0.05) is 38.2 Å². The fraction of sp³-hybridized carbons (Fsp3) is 0.609. The summed E-state index contributed by atoms with van der Waals surface area (Å²) >= 11 is 0. The third-order valence-electron chi connectivity index (χ3n) is 5.95. The van der Waals surface area contributed by atoms with Crippen LogP contribution in [-0.2, 0) is 16.0 Å². The van der Waals surface area contributed by atoms with Gasteiger partial charge in [-0.05, 0) is 30.0 Å². The molecule has 1 aliphatic carbocycles. The van der Waals surface area contributed by atoms with Gasteiger partial charge in [0.05, 0.1) is 33.4 Å². The zero-order valence-electron chi connectivity index (χ0n) is 19.4. The fourth-order valence-electron chi connectivity index (χ4n) is 4.20. The van der Waals surface area contributed by atoms with Crippen molar-refractivity contribution in [3.63, 3.8) is 0 Å². The van der Waals surface area contributed by atoms with Gasteiger partial charge in [-0.2, -0.15) is 0 Å². The fourth-order valence-corrected chi connectivity index (χ4v) is 4.20. The van der Waals surface area contributed by atoms with Crippen molar-refractivity contribution in [3.05, 3.63) is 23.8 Å². The third-order valence-corrected chi connectivity index (χ3v) is 5.95. The van der Waals surface area contributed by atoms with Gasteiger partial charge in [0.25, 0.3) is 0 Å². The number of guanidine groups is 1. The van der Waals surface area contributed by atoms with Gasteiger partial charge in [-0.25, -0.2) is 0 Å². The summed E-state index contributed by atoms with van der Waals surface area (Å²) in [5.41, 5.74) is 6.41. The minimum atomic E-state index is -1.11. The number of hydrogen-bond acceptors (Lipinski definition) is 7. The number of carbonyl (C=O) groups is 2. The molecule has 184 valence electrons. The van der Waals surface area contributed by atoms with Crippen molar-refractivity contribution in [1.82, 2.24) is 10.2 Å². The van der Waals surface area contributed by atoms with Crippen molar-refractivity contribution in [3.8, 4) is 11.5 Å². The van der Waals surface area contributed by atoms with Crippen LogP contribution in [0.3, 0.4) is 0 Å². The molecule has 10 nitrogen and oxygen atoms in total. The summed E-state index contributed by atoms with van der Waals surface area (Å²) in [5, 5.41) is 29.3. The molecule has 33 heavy (non-hydrogen) atoms. The lowest BCUT2D eigenvalue weighted by atomic mass is 9.84. The molecule has 2 rings (SSSR count). The Morgan fingerprint density at radius 2 is 1.88 bits per heavy atom. The molecule has 0 aliphatic heterocycles. The molecule has 6 N–H and O–H groups in total. The van der Waals surface area contributed by atoms with Crippen LogP contribution in [-0.4, -0.2) is 72.4 Å². The molecular weight excluding hydrogens is 428 g/mol. The van der Waals surface area contributed by atoms with Crippen molar-refractivity contribution in [2.75, 3.05) is 27.4 Å². The molecule has 1 fully saturated rings. The Labute approximate surface area is 194 Å². The Morgan fingerprint density at radius 1 is 1.21 bits per heavy atom. The van der Waals surface area contributed by atoms with E-state index in [-0.39, 0.29) is 18.9 Å². The number of nitrogens with zero attached hydrogens (tertiary/aromatic N) is 1. The van der Waals surface area contributed by atoms with Crippen molar-refractivity contribution in [2.24, 2.45) is 11.7 Å². The van der Waals surface area contributed by atoms with Crippen LogP contribution in [0.4, 0.5) is 0 Å². The van der Waals surface area contributed by atoms with Crippen molar-refractivity contribution < 1.29 is 29.3 Å². The average Bonchev–Trinajstić information content (AvgIpc) is 2.82. The molecule has 0 unspecified atom stereocenters. The highest BCUT2D eigenvalue weighted by Gasteiger charge is 2.34. The quantitative estimate of drug-likeness (QED) is 0.239. The van der Waals surface area contributed by atoms with E-state index in [1.54, 1.807) is 18.2 Å². The van der Waals surface area contributed by atoms with Crippen LogP contribution in [0.15, 0.2) is 18.2 Å². The Balaban J connectivity index is 2.25. The monoisotopic (exact) mass is 464 g/mol. The molecule has 10 heteroatoms. The molecule has 1 aromatic rings. The second-order valence-corrected chi connectivity index (χ2v) is 8.35. The van der Waals surface area contributed by atoms with Crippen molar-refractivity contribution in [2.45, 2.75) is 57.1 Å². The van der Waals surface area contributed by atoms with Gasteiger partial charge in [0.2, 0.25) is 11.8 Å². The van der Waals surface area contributed by atoms with Crippen molar-refractivity contribution >= 4 is 17.8 Å². The summed E-state index contributed by atoms with van der Waals surface area (Å²) in [5.74, 6) is -0.301. The van der Waals surface area contributed by atoms with E-state index in [1.165, 1.54) is 14.2 Å². The summed E-state index contributed by atoms with van der Waals surface area (Å²) in [4.78, 5) is 27.3. The summed E-state index contributed by atoms with van der Waals surface area (Å²) in [6.45, 7) is -0.658. The normalized spacial score (nSPS) is 15.9. The number of ether oxygens (including phenoxy) is 2. The van der Waals surface area contributed by atoms with Crippen LogP contribution >= 0.6 is 0 Å². The van der Waals surface area contributed by atoms with E-state index in [1.807, 2.05) is 0 Å². The maximum atomic E-state index is 13.3. The van der Waals surface area contributed by atoms with Gasteiger partial charge in [0, 0.05) is 6.54 Å². The molecule has 0 spiro atoms. The van der Waals surface area contributed by atoms with Gasteiger partial charge in [0.15, 0.2) is 17.5 Å². The molecule has 1 saturated carbocycles. The van der Waals surface area contributed by atoms with Crippen LogP contribution in [0.25, 0.3) is 0 Å². The van der Waals surface area contributed by atoms with Gasteiger partial charge in [-0.15, -0.1) is 0 Å². The third kappa shape index (κ3) is 7.61. The number of amides is 2. The SMILES string of the molecule is COc1ccc(CC(=O)N(C(=N)N)[C@H](CC2CCCCC2)C(=O)NC[C@@H](O)CO)cc1OC. The average molecular weight is 465 g/mol. The summed E-state index contributed by atoms with van der Waals surface area (Å²) < 4.78 is 10.5. The largest absolute Gasteiger partial charge is 0.493 e. The van der Waals surface area contributed by atoms with E-state index in [4.69, 9.17) is 25.7 Å². The molecule has 2 amide bonds. The maximum Gasteiger partial charge on any atom is 0.243 e. The predicted octanol–water partition coefficient (Wildman–Crippen LogP) is 0.777. The lowest BCUT2D eigenvalue weighted by Gasteiger charge is -2.33. The molecule has 1 aliphatic rings. The van der Waals surface area contributed by atoms with Crippen LogP contribution < -0.4 is 20.5 Å². The molecule has 0 aromatic heterocycles. The minimum Gasteiger partial charge on any atom is -0.493 e. The molecular formula is C23H36N4O6. The van der Waals surface area contributed by atoms with E-state index in [0.29, 0.717) is 23.5 Å². The molecule has 0 saturated heterocycles. The highest BCUT2D eigenvalue weighted by atomic mass is 16.5. The number of methoxy groups -OCH3 is 2. The molecule has 0 radical (unpaired) electrons. The topological polar surface area (TPSA) is 158 Å². The Hall–Kier alpha value is -2.85. The first-order chi connectivity index (χ1) is 15.8. The van der Waals surface area contributed by atoms with Gasteiger partial charge in [0.1, 0.15) is 6.04 Å². The van der Waals surface area contributed by atoms with Gasteiger partial charge in [-0.3, -0.25) is 19.9 Å². The zero-order chi connectivity index (χ0) is 24.4. The number of aliphatic hydroxyl groups excluding tert-OH is 2. The van der Waals surface area contributed by atoms with Crippen LogP contribution in [0.5, 0.6) is 11.5 Å². The van der Waals surface area contributed by atoms with Crippen LogP contribution in [0, 0.1) is 11.3 Å². The van der Waals surface area contributed by atoms with E-state index in [0.717, 1.165) is 37.0 Å². The maximum absolute atomic E-state index is 13.3. The highest BCUT2D eigenvalue weighted by molar-refractivity contribution is 6.00.